The molecule has 0 radical (unpaired) electrons. The Morgan fingerprint density at radius 3 is 2.60 bits per heavy atom. The van der Waals surface area contributed by atoms with Gasteiger partial charge in [-0.15, -0.1) is 0 Å². The van der Waals surface area contributed by atoms with E-state index in [0.29, 0.717) is 45.8 Å². The zero-order valence-corrected chi connectivity index (χ0v) is 12.3. The minimum Gasteiger partial charge on any atom is -0.391 e. The molecule has 2 rings (SSSR count). The van der Waals surface area contributed by atoms with E-state index in [1.165, 1.54) is 4.31 Å². The standard InChI is InChI=1S/C12H22N2O5S/c15-11-2-1-4-13(10-11)12(16)3-9-20(17,18)14-5-7-19-8-6-14/h11,15H,1-10H2. The maximum absolute atomic E-state index is 12.1. The van der Waals surface area contributed by atoms with Gasteiger partial charge in [0.25, 0.3) is 0 Å². The number of likely N-dealkylation sites (tertiary alicyclic amines) is 1. The number of carbonyl (C=O) groups excluding carboxylic acids is 1. The Bertz CT molecular complexity index is 433. The average molecular weight is 306 g/mol. The molecule has 2 aliphatic rings. The maximum atomic E-state index is 12.1. The number of aliphatic hydroxyl groups excluding tert-OH is 1. The van der Waals surface area contributed by atoms with Crippen LogP contribution in [-0.4, -0.2) is 79.9 Å². The molecule has 0 bridgehead atoms. The van der Waals surface area contributed by atoms with Crippen LogP contribution in [0.2, 0.25) is 0 Å². The number of amides is 1. The largest absolute Gasteiger partial charge is 0.391 e. The van der Waals surface area contributed by atoms with Crippen molar-refractivity contribution < 1.29 is 23.1 Å². The molecule has 20 heavy (non-hydrogen) atoms. The van der Waals surface area contributed by atoms with Crippen LogP contribution in [0.4, 0.5) is 0 Å². The Labute approximate surface area is 119 Å². The first-order valence-corrected chi connectivity index (χ1v) is 8.61. The number of hydrogen-bond donors (Lipinski definition) is 1. The second-order valence-electron chi connectivity index (χ2n) is 5.21. The Morgan fingerprint density at radius 1 is 1.25 bits per heavy atom. The van der Waals surface area contributed by atoms with Crippen LogP contribution in [0.15, 0.2) is 0 Å². The molecule has 0 aromatic heterocycles. The minimum atomic E-state index is -3.39. The lowest BCUT2D eigenvalue weighted by atomic mass is 10.1. The van der Waals surface area contributed by atoms with Gasteiger partial charge < -0.3 is 14.7 Å². The summed E-state index contributed by atoms with van der Waals surface area (Å²) in [7, 11) is -3.39. The van der Waals surface area contributed by atoms with Crippen molar-refractivity contribution in [2.75, 3.05) is 45.1 Å². The zero-order valence-electron chi connectivity index (χ0n) is 11.5. The van der Waals surface area contributed by atoms with E-state index in [2.05, 4.69) is 0 Å². The van der Waals surface area contributed by atoms with Gasteiger partial charge in [0.1, 0.15) is 0 Å². The summed E-state index contributed by atoms with van der Waals surface area (Å²) in [4.78, 5) is 13.5. The number of nitrogens with zero attached hydrogens (tertiary/aromatic N) is 2. The molecule has 2 aliphatic heterocycles. The summed E-state index contributed by atoms with van der Waals surface area (Å²) in [6.07, 6.45) is 0.967. The molecule has 2 saturated heterocycles. The Balaban J connectivity index is 1.82. The van der Waals surface area contributed by atoms with Gasteiger partial charge in [-0.1, -0.05) is 0 Å². The maximum Gasteiger partial charge on any atom is 0.223 e. The van der Waals surface area contributed by atoms with Gasteiger partial charge in [-0.2, -0.15) is 4.31 Å². The number of piperidine rings is 1. The third-order valence-corrected chi connectivity index (χ3v) is 5.56. The van der Waals surface area contributed by atoms with Crippen LogP contribution >= 0.6 is 0 Å². The highest BCUT2D eigenvalue weighted by molar-refractivity contribution is 7.89. The molecular formula is C12H22N2O5S. The molecule has 0 saturated carbocycles. The molecule has 0 spiro atoms. The molecule has 116 valence electrons. The van der Waals surface area contributed by atoms with Crippen LogP contribution in [0, 0.1) is 0 Å². The molecule has 0 aromatic rings. The highest BCUT2D eigenvalue weighted by Crippen LogP contribution is 2.12. The number of rotatable bonds is 4. The van der Waals surface area contributed by atoms with E-state index < -0.39 is 16.1 Å². The molecule has 1 N–H and O–H groups in total. The van der Waals surface area contributed by atoms with Crippen molar-refractivity contribution in [1.82, 2.24) is 9.21 Å². The smallest absolute Gasteiger partial charge is 0.223 e. The Morgan fingerprint density at radius 2 is 1.95 bits per heavy atom. The summed E-state index contributed by atoms with van der Waals surface area (Å²) in [6, 6.07) is 0. The van der Waals surface area contributed by atoms with E-state index in [-0.39, 0.29) is 18.1 Å². The van der Waals surface area contributed by atoms with Gasteiger partial charge in [-0.3, -0.25) is 4.79 Å². The number of ether oxygens (including phenoxy) is 1. The predicted molar refractivity (Wildman–Crippen MR) is 72.6 cm³/mol. The van der Waals surface area contributed by atoms with E-state index in [0.717, 1.165) is 6.42 Å². The second kappa shape index (κ2) is 6.84. The SMILES string of the molecule is O=C(CCS(=O)(=O)N1CCOCC1)N1CCCC(O)C1. The fraction of sp³-hybridized carbons (Fsp3) is 0.917. The number of hydrogen-bond acceptors (Lipinski definition) is 5. The number of β-amino-alcohol motifs (C(OH)–C–C–N with tert-alkyl or cyclic N) is 1. The second-order valence-corrected chi connectivity index (χ2v) is 7.30. The lowest BCUT2D eigenvalue weighted by Gasteiger charge is -2.30. The normalized spacial score (nSPS) is 25.6. The molecule has 2 fully saturated rings. The van der Waals surface area contributed by atoms with Gasteiger partial charge in [0, 0.05) is 32.6 Å². The first kappa shape index (κ1) is 15.7. The first-order valence-electron chi connectivity index (χ1n) is 7.00. The molecule has 1 amide bonds. The van der Waals surface area contributed by atoms with Crippen molar-refractivity contribution in [3.05, 3.63) is 0 Å². The summed E-state index contributed by atoms with van der Waals surface area (Å²) in [5.41, 5.74) is 0. The van der Waals surface area contributed by atoms with E-state index >= 15 is 0 Å². The molecular weight excluding hydrogens is 284 g/mol. The molecule has 8 heteroatoms. The van der Waals surface area contributed by atoms with Crippen LogP contribution in [0.5, 0.6) is 0 Å². The molecule has 0 aromatic carbocycles. The Hall–Kier alpha value is -0.700. The fourth-order valence-corrected chi connectivity index (χ4v) is 3.91. The summed E-state index contributed by atoms with van der Waals surface area (Å²) in [5.74, 6) is -0.362. The van der Waals surface area contributed by atoms with Crippen molar-refractivity contribution in [3.63, 3.8) is 0 Å². The molecule has 1 unspecified atom stereocenters. The number of carbonyl (C=O) groups is 1. The van der Waals surface area contributed by atoms with Gasteiger partial charge in [-0.25, -0.2) is 8.42 Å². The fourth-order valence-electron chi connectivity index (χ4n) is 2.51. The number of aliphatic hydroxyl groups is 1. The third kappa shape index (κ3) is 4.15. The lowest BCUT2D eigenvalue weighted by molar-refractivity contribution is -0.133. The van der Waals surface area contributed by atoms with Gasteiger partial charge in [-0.05, 0) is 12.8 Å². The van der Waals surface area contributed by atoms with Gasteiger partial charge in [0.05, 0.1) is 25.1 Å². The van der Waals surface area contributed by atoms with Crippen LogP contribution in [0.25, 0.3) is 0 Å². The third-order valence-electron chi connectivity index (χ3n) is 3.69. The lowest BCUT2D eigenvalue weighted by Crippen LogP contribution is -2.45. The van der Waals surface area contributed by atoms with Crippen molar-refractivity contribution >= 4 is 15.9 Å². The summed E-state index contributed by atoms with van der Waals surface area (Å²) >= 11 is 0. The molecule has 0 aliphatic carbocycles. The molecule has 2 heterocycles. The van der Waals surface area contributed by atoms with Gasteiger partial charge in [0.2, 0.25) is 15.9 Å². The summed E-state index contributed by atoms with van der Waals surface area (Å²) in [5, 5.41) is 9.53. The van der Waals surface area contributed by atoms with Crippen molar-refractivity contribution in [3.8, 4) is 0 Å². The van der Waals surface area contributed by atoms with Crippen molar-refractivity contribution in [1.29, 1.82) is 0 Å². The van der Waals surface area contributed by atoms with E-state index in [9.17, 15) is 18.3 Å². The summed E-state index contributed by atoms with van der Waals surface area (Å²) < 4.78 is 30.7. The number of sulfonamides is 1. The van der Waals surface area contributed by atoms with Crippen LogP contribution in [0.1, 0.15) is 19.3 Å². The van der Waals surface area contributed by atoms with Crippen LogP contribution in [-0.2, 0) is 19.6 Å². The van der Waals surface area contributed by atoms with E-state index in [4.69, 9.17) is 4.74 Å². The predicted octanol–water partition coefficient (Wildman–Crippen LogP) is -0.978. The van der Waals surface area contributed by atoms with E-state index in [1.807, 2.05) is 0 Å². The van der Waals surface area contributed by atoms with E-state index in [1.54, 1.807) is 4.90 Å². The molecule has 1 atom stereocenters. The van der Waals surface area contributed by atoms with Crippen LogP contribution in [0.3, 0.4) is 0 Å². The van der Waals surface area contributed by atoms with Crippen LogP contribution < -0.4 is 0 Å². The highest BCUT2D eigenvalue weighted by Gasteiger charge is 2.27. The minimum absolute atomic E-state index is 0.0214. The number of morpholine rings is 1. The van der Waals surface area contributed by atoms with Gasteiger partial charge >= 0.3 is 0 Å². The highest BCUT2D eigenvalue weighted by atomic mass is 32.2. The topological polar surface area (TPSA) is 87.2 Å². The molecule has 7 nitrogen and oxygen atoms in total. The van der Waals surface area contributed by atoms with Crippen molar-refractivity contribution in [2.24, 2.45) is 0 Å². The van der Waals surface area contributed by atoms with Gasteiger partial charge in [0.15, 0.2) is 0 Å². The quantitative estimate of drug-likeness (QED) is 0.721. The summed E-state index contributed by atoms with van der Waals surface area (Å²) in [6.45, 7) is 2.46. The monoisotopic (exact) mass is 306 g/mol. The zero-order chi connectivity index (χ0) is 14.6. The Kier molecular flexibility index (Phi) is 5.36. The van der Waals surface area contributed by atoms with Crippen molar-refractivity contribution in [2.45, 2.75) is 25.4 Å². The first-order chi connectivity index (χ1) is 9.49. The average Bonchev–Trinajstić information content (AvgIpc) is 2.46.